The number of aromatic nitrogens is 1. The maximum atomic E-state index is 13.1. The normalized spacial score (nSPS) is 11.0. The molecule has 2 aromatic rings. The summed E-state index contributed by atoms with van der Waals surface area (Å²) in [5.74, 6) is -0.894. The maximum absolute atomic E-state index is 13.1. The van der Waals surface area contributed by atoms with E-state index < -0.39 is 11.7 Å². The van der Waals surface area contributed by atoms with Crippen molar-refractivity contribution in [2.75, 3.05) is 5.32 Å². The van der Waals surface area contributed by atoms with Crippen LogP contribution in [0.4, 0.5) is 10.2 Å². The lowest BCUT2D eigenvalue weighted by atomic mass is 10.2. The van der Waals surface area contributed by atoms with Crippen LogP contribution in [0.15, 0.2) is 47.7 Å². The molecule has 2 N–H and O–H groups in total. The predicted molar refractivity (Wildman–Crippen MR) is 89.2 cm³/mol. The Hall–Kier alpha value is -3.09. The van der Waals surface area contributed by atoms with Gasteiger partial charge in [0, 0.05) is 17.5 Å². The first-order chi connectivity index (χ1) is 11.4. The number of nitrogens with one attached hydrogen (secondary N) is 2. The van der Waals surface area contributed by atoms with Crippen LogP contribution in [0.5, 0.6) is 0 Å². The lowest BCUT2D eigenvalue weighted by molar-refractivity contribution is -0.115. The van der Waals surface area contributed by atoms with E-state index >= 15 is 0 Å². The highest BCUT2D eigenvalue weighted by molar-refractivity contribution is 6.05. The molecule has 0 aliphatic rings. The zero-order valence-corrected chi connectivity index (χ0v) is 13.3. The van der Waals surface area contributed by atoms with Crippen molar-refractivity contribution in [2.45, 2.75) is 20.3 Å². The van der Waals surface area contributed by atoms with E-state index in [0.717, 1.165) is 11.6 Å². The zero-order valence-electron chi connectivity index (χ0n) is 13.3. The van der Waals surface area contributed by atoms with Gasteiger partial charge in [0.2, 0.25) is 5.91 Å². The summed E-state index contributed by atoms with van der Waals surface area (Å²) in [5.41, 5.74) is 3.83. The molecule has 124 valence electrons. The molecule has 1 aromatic heterocycles. The van der Waals surface area contributed by atoms with Crippen molar-refractivity contribution in [2.24, 2.45) is 5.10 Å². The number of pyridine rings is 1. The molecule has 0 aliphatic carbocycles. The Labute approximate surface area is 138 Å². The van der Waals surface area contributed by atoms with Gasteiger partial charge in [0.1, 0.15) is 11.6 Å². The van der Waals surface area contributed by atoms with Gasteiger partial charge < -0.3 is 5.32 Å². The number of carbonyl (C=O) groups is 2. The van der Waals surface area contributed by atoms with Gasteiger partial charge in [-0.3, -0.25) is 9.59 Å². The zero-order chi connectivity index (χ0) is 17.5. The standard InChI is InChI=1S/C17H17FN4O2/c1-11-6-7-19-15(8-11)20-16(23)9-12(2)21-22-17(24)13-4-3-5-14(18)10-13/h3-8,10H,9H2,1-2H3,(H,22,24)(H,19,20,23)/b21-12-. The number of amides is 2. The van der Waals surface area contributed by atoms with Crippen LogP contribution in [-0.2, 0) is 4.79 Å². The molecule has 2 amide bonds. The van der Waals surface area contributed by atoms with Crippen LogP contribution in [0.25, 0.3) is 0 Å². The second-order valence-corrected chi connectivity index (χ2v) is 5.24. The van der Waals surface area contributed by atoms with E-state index in [-0.39, 0.29) is 17.9 Å². The number of anilines is 1. The Kier molecular flexibility index (Phi) is 5.73. The Balaban J connectivity index is 1.89. The van der Waals surface area contributed by atoms with Crippen molar-refractivity contribution in [1.29, 1.82) is 0 Å². The van der Waals surface area contributed by atoms with Gasteiger partial charge in [0.25, 0.3) is 5.91 Å². The number of nitrogens with zero attached hydrogens (tertiary/aromatic N) is 2. The highest BCUT2D eigenvalue weighted by Gasteiger charge is 2.08. The molecule has 2 rings (SSSR count). The minimum absolute atomic E-state index is 0.000940. The van der Waals surface area contributed by atoms with E-state index in [2.05, 4.69) is 20.8 Å². The lowest BCUT2D eigenvalue weighted by Crippen LogP contribution is -2.21. The molecule has 0 radical (unpaired) electrons. The Morgan fingerprint density at radius 3 is 2.75 bits per heavy atom. The number of carbonyl (C=O) groups excluding carboxylic acids is 2. The Bertz CT molecular complexity index is 790. The second-order valence-electron chi connectivity index (χ2n) is 5.24. The van der Waals surface area contributed by atoms with E-state index in [0.29, 0.717) is 11.5 Å². The van der Waals surface area contributed by atoms with Crippen molar-refractivity contribution in [3.05, 3.63) is 59.5 Å². The van der Waals surface area contributed by atoms with Crippen LogP contribution in [0.1, 0.15) is 29.3 Å². The molecule has 0 unspecified atom stereocenters. The number of aryl methyl sites for hydroxylation is 1. The minimum Gasteiger partial charge on any atom is -0.310 e. The van der Waals surface area contributed by atoms with E-state index in [4.69, 9.17) is 0 Å². The lowest BCUT2D eigenvalue weighted by Gasteiger charge is -2.05. The second kappa shape index (κ2) is 7.96. The summed E-state index contributed by atoms with van der Waals surface area (Å²) < 4.78 is 13.1. The number of hydrogen-bond acceptors (Lipinski definition) is 4. The summed E-state index contributed by atoms with van der Waals surface area (Å²) in [5, 5.41) is 6.49. The molecular formula is C17H17FN4O2. The van der Waals surface area contributed by atoms with Crippen LogP contribution in [0, 0.1) is 12.7 Å². The molecule has 1 aromatic carbocycles. The molecule has 6 nitrogen and oxygen atoms in total. The third-order valence-electron chi connectivity index (χ3n) is 3.03. The third kappa shape index (κ3) is 5.28. The molecule has 24 heavy (non-hydrogen) atoms. The van der Waals surface area contributed by atoms with Crippen molar-refractivity contribution < 1.29 is 14.0 Å². The number of rotatable bonds is 5. The molecule has 0 aliphatic heterocycles. The van der Waals surface area contributed by atoms with Crippen LogP contribution in [0.3, 0.4) is 0 Å². The van der Waals surface area contributed by atoms with Gasteiger partial charge in [-0.15, -0.1) is 0 Å². The number of hydrazone groups is 1. The van der Waals surface area contributed by atoms with Crippen molar-refractivity contribution >= 4 is 23.3 Å². The molecule has 1 heterocycles. The Morgan fingerprint density at radius 2 is 2.04 bits per heavy atom. The Morgan fingerprint density at radius 1 is 1.25 bits per heavy atom. The summed E-state index contributed by atoms with van der Waals surface area (Å²) in [6.45, 7) is 3.50. The summed E-state index contributed by atoms with van der Waals surface area (Å²) in [7, 11) is 0. The van der Waals surface area contributed by atoms with Gasteiger partial charge in [-0.1, -0.05) is 6.07 Å². The van der Waals surface area contributed by atoms with Gasteiger partial charge in [-0.2, -0.15) is 5.10 Å². The topological polar surface area (TPSA) is 83.4 Å². The molecule has 7 heteroatoms. The summed E-state index contributed by atoms with van der Waals surface area (Å²) in [6.07, 6.45) is 1.60. The fraction of sp³-hybridized carbons (Fsp3) is 0.176. The van der Waals surface area contributed by atoms with Crippen LogP contribution < -0.4 is 10.7 Å². The quantitative estimate of drug-likeness (QED) is 0.654. The summed E-state index contributed by atoms with van der Waals surface area (Å²) in [4.78, 5) is 27.8. The molecule has 0 fully saturated rings. The van der Waals surface area contributed by atoms with Gasteiger partial charge in [-0.05, 0) is 49.7 Å². The van der Waals surface area contributed by atoms with Crippen LogP contribution in [0.2, 0.25) is 0 Å². The first kappa shape index (κ1) is 17.3. The molecule has 0 bridgehead atoms. The van der Waals surface area contributed by atoms with Crippen molar-refractivity contribution in [3.8, 4) is 0 Å². The monoisotopic (exact) mass is 328 g/mol. The fourth-order valence-electron chi connectivity index (χ4n) is 1.90. The largest absolute Gasteiger partial charge is 0.310 e. The highest BCUT2D eigenvalue weighted by Crippen LogP contribution is 2.06. The first-order valence-corrected chi connectivity index (χ1v) is 7.25. The molecule has 0 saturated carbocycles. The minimum atomic E-state index is -0.547. The average molecular weight is 328 g/mol. The van der Waals surface area contributed by atoms with Crippen molar-refractivity contribution in [1.82, 2.24) is 10.4 Å². The average Bonchev–Trinajstić information content (AvgIpc) is 2.52. The van der Waals surface area contributed by atoms with Crippen LogP contribution >= 0.6 is 0 Å². The molecule has 0 atom stereocenters. The van der Waals surface area contributed by atoms with Gasteiger partial charge in [0.15, 0.2) is 0 Å². The van der Waals surface area contributed by atoms with Crippen LogP contribution in [-0.4, -0.2) is 22.5 Å². The maximum Gasteiger partial charge on any atom is 0.271 e. The smallest absolute Gasteiger partial charge is 0.271 e. The first-order valence-electron chi connectivity index (χ1n) is 7.25. The number of benzene rings is 1. The number of halogens is 1. The highest BCUT2D eigenvalue weighted by atomic mass is 19.1. The molecular weight excluding hydrogens is 311 g/mol. The summed E-state index contributed by atoms with van der Waals surface area (Å²) in [6, 6.07) is 8.83. The van der Waals surface area contributed by atoms with Gasteiger partial charge in [-0.25, -0.2) is 14.8 Å². The fourth-order valence-corrected chi connectivity index (χ4v) is 1.90. The van der Waals surface area contributed by atoms with E-state index in [9.17, 15) is 14.0 Å². The SMILES string of the molecule is C/C(CC(=O)Nc1cc(C)ccn1)=N/NC(=O)c1cccc(F)c1. The third-order valence-corrected chi connectivity index (χ3v) is 3.03. The molecule has 0 saturated heterocycles. The van der Waals surface area contributed by atoms with Gasteiger partial charge in [0.05, 0.1) is 6.42 Å². The number of hydrogen-bond donors (Lipinski definition) is 2. The predicted octanol–water partition coefficient (Wildman–Crippen LogP) is 2.66. The van der Waals surface area contributed by atoms with Crippen molar-refractivity contribution in [3.63, 3.8) is 0 Å². The van der Waals surface area contributed by atoms with E-state index in [1.807, 2.05) is 13.0 Å². The van der Waals surface area contributed by atoms with E-state index in [1.54, 1.807) is 19.2 Å². The van der Waals surface area contributed by atoms with Gasteiger partial charge >= 0.3 is 0 Å². The molecule has 0 spiro atoms. The summed E-state index contributed by atoms with van der Waals surface area (Å²) >= 11 is 0. The van der Waals surface area contributed by atoms with E-state index in [1.165, 1.54) is 18.2 Å².